The van der Waals surface area contributed by atoms with Gasteiger partial charge in [0.15, 0.2) is 0 Å². The number of rotatable bonds is 4. The van der Waals surface area contributed by atoms with E-state index in [0.717, 1.165) is 24.7 Å². The number of anilines is 1. The van der Waals surface area contributed by atoms with Crippen molar-refractivity contribution in [1.29, 1.82) is 0 Å². The first-order chi connectivity index (χ1) is 7.75. The Balaban J connectivity index is 1.82. The third kappa shape index (κ3) is 3.16. The van der Waals surface area contributed by atoms with Gasteiger partial charge >= 0.3 is 0 Å². The minimum Gasteiger partial charge on any atom is -0.399 e. The molecule has 1 aromatic carbocycles. The zero-order valence-electron chi connectivity index (χ0n) is 9.86. The summed E-state index contributed by atoms with van der Waals surface area (Å²) in [5, 5.41) is 0. The molecular formula is C13H20N2S. The topological polar surface area (TPSA) is 29.3 Å². The highest BCUT2D eigenvalue weighted by Crippen LogP contribution is 2.21. The SMILES string of the molecule is CN(CCc1cccc(N)c1)C1CCSC1. The Labute approximate surface area is 102 Å². The second kappa shape index (κ2) is 5.60. The first-order valence-corrected chi connectivity index (χ1v) is 7.03. The minimum atomic E-state index is 0.783. The van der Waals surface area contributed by atoms with Crippen LogP contribution in [0.5, 0.6) is 0 Å². The molecule has 1 atom stereocenters. The fraction of sp³-hybridized carbons (Fsp3) is 0.538. The van der Waals surface area contributed by atoms with E-state index in [1.54, 1.807) is 0 Å². The van der Waals surface area contributed by atoms with Crippen LogP contribution in [0.25, 0.3) is 0 Å². The van der Waals surface area contributed by atoms with Crippen molar-refractivity contribution in [3.05, 3.63) is 29.8 Å². The first kappa shape index (κ1) is 11.8. The zero-order valence-corrected chi connectivity index (χ0v) is 10.7. The van der Waals surface area contributed by atoms with Crippen LogP contribution in [0.4, 0.5) is 5.69 Å². The predicted octanol–water partition coefficient (Wildman–Crippen LogP) is 2.25. The lowest BCUT2D eigenvalue weighted by Crippen LogP contribution is -2.33. The quantitative estimate of drug-likeness (QED) is 0.813. The monoisotopic (exact) mass is 236 g/mol. The molecule has 1 fully saturated rings. The van der Waals surface area contributed by atoms with Gasteiger partial charge in [-0.3, -0.25) is 0 Å². The summed E-state index contributed by atoms with van der Waals surface area (Å²) in [4.78, 5) is 2.49. The molecule has 0 amide bonds. The van der Waals surface area contributed by atoms with Gasteiger partial charge in [-0.1, -0.05) is 12.1 Å². The largest absolute Gasteiger partial charge is 0.399 e. The van der Waals surface area contributed by atoms with Crippen molar-refractivity contribution in [1.82, 2.24) is 4.90 Å². The predicted molar refractivity (Wildman–Crippen MR) is 72.9 cm³/mol. The molecule has 3 heteroatoms. The Hall–Kier alpha value is -0.670. The molecule has 2 N–H and O–H groups in total. The number of nitrogens with zero attached hydrogens (tertiary/aromatic N) is 1. The van der Waals surface area contributed by atoms with Gasteiger partial charge in [0.05, 0.1) is 0 Å². The van der Waals surface area contributed by atoms with Crippen LogP contribution in [-0.2, 0) is 6.42 Å². The van der Waals surface area contributed by atoms with Gasteiger partial charge in [-0.15, -0.1) is 0 Å². The summed E-state index contributed by atoms with van der Waals surface area (Å²) in [6.07, 6.45) is 2.45. The summed E-state index contributed by atoms with van der Waals surface area (Å²) in [7, 11) is 2.24. The van der Waals surface area contributed by atoms with E-state index >= 15 is 0 Å². The fourth-order valence-corrected chi connectivity index (χ4v) is 3.40. The van der Waals surface area contributed by atoms with Crippen LogP contribution in [0.2, 0.25) is 0 Å². The highest BCUT2D eigenvalue weighted by molar-refractivity contribution is 7.99. The van der Waals surface area contributed by atoms with E-state index in [9.17, 15) is 0 Å². The van der Waals surface area contributed by atoms with Crippen LogP contribution in [0, 0.1) is 0 Å². The van der Waals surface area contributed by atoms with Crippen LogP contribution in [0.3, 0.4) is 0 Å². The summed E-state index contributed by atoms with van der Waals surface area (Å²) in [5.74, 6) is 2.63. The Morgan fingerprint density at radius 1 is 1.50 bits per heavy atom. The number of likely N-dealkylation sites (N-methyl/N-ethyl adjacent to an activating group) is 1. The van der Waals surface area contributed by atoms with Gasteiger partial charge in [0.25, 0.3) is 0 Å². The molecule has 0 aromatic heterocycles. The van der Waals surface area contributed by atoms with Crippen molar-refractivity contribution in [2.75, 3.05) is 30.8 Å². The summed E-state index contributed by atoms with van der Waals surface area (Å²) >= 11 is 2.07. The van der Waals surface area contributed by atoms with Crippen LogP contribution >= 0.6 is 11.8 Å². The maximum atomic E-state index is 5.77. The Morgan fingerprint density at radius 3 is 3.06 bits per heavy atom. The highest BCUT2D eigenvalue weighted by atomic mass is 32.2. The third-order valence-corrected chi connectivity index (χ3v) is 4.38. The van der Waals surface area contributed by atoms with E-state index in [2.05, 4.69) is 35.8 Å². The van der Waals surface area contributed by atoms with Crippen molar-refractivity contribution in [3.63, 3.8) is 0 Å². The maximum absolute atomic E-state index is 5.77. The van der Waals surface area contributed by atoms with E-state index in [0.29, 0.717) is 0 Å². The molecule has 16 heavy (non-hydrogen) atoms. The molecule has 2 nitrogen and oxygen atoms in total. The smallest absolute Gasteiger partial charge is 0.0316 e. The van der Waals surface area contributed by atoms with Gasteiger partial charge in [0, 0.05) is 24.0 Å². The Kier molecular flexibility index (Phi) is 4.13. The van der Waals surface area contributed by atoms with E-state index in [1.807, 2.05) is 12.1 Å². The van der Waals surface area contributed by atoms with Crippen molar-refractivity contribution >= 4 is 17.4 Å². The molecule has 1 aliphatic heterocycles. The molecule has 0 spiro atoms. The molecule has 0 saturated carbocycles. The highest BCUT2D eigenvalue weighted by Gasteiger charge is 2.19. The first-order valence-electron chi connectivity index (χ1n) is 5.88. The second-order valence-corrected chi connectivity index (χ2v) is 5.64. The van der Waals surface area contributed by atoms with Gasteiger partial charge < -0.3 is 10.6 Å². The van der Waals surface area contributed by atoms with E-state index < -0.39 is 0 Å². The van der Waals surface area contributed by atoms with Crippen molar-refractivity contribution in [2.45, 2.75) is 18.9 Å². The average Bonchev–Trinajstić information content (AvgIpc) is 2.79. The third-order valence-electron chi connectivity index (χ3n) is 3.23. The summed E-state index contributed by atoms with van der Waals surface area (Å²) in [6, 6.07) is 9.01. The molecule has 88 valence electrons. The van der Waals surface area contributed by atoms with Gasteiger partial charge in [-0.05, 0) is 43.3 Å². The van der Waals surface area contributed by atoms with Crippen LogP contribution in [0.1, 0.15) is 12.0 Å². The number of hydrogen-bond donors (Lipinski definition) is 1. The van der Waals surface area contributed by atoms with Crippen LogP contribution in [0.15, 0.2) is 24.3 Å². The lowest BCUT2D eigenvalue weighted by Gasteiger charge is -2.23. The van der Waals surface area contributed by atoms with Crippen molar-refractivity contribution in [3.8, 4) is 0 Å². The van der Waals surface area contributed by atoms with Crippen molar-refractivity contribution in [2.24, 2.45) is 0 Å². The van der Waals surface area contributed by atoms with Gasteiger partial charge in [0.2, 0.25) is 0 Å². The Bertz CT molecular complexity index is 334. The van der Waals surface area contributed by atoms with Gasteiger partial charge in [-0.25, -0.2) is 0 Å². The standard InChI is InChI=1S/C13H20N2S/c1-15(13-6-8-16-10-13)7-5-11-3-2-4-12(14)9-11/h2-4,9,13H,5-8,10,14H2,1H3. The zero-order chi connectivity index (χ0) is 11.4. The normalized spacial score (nSPS) is 20.5. The lowest BCUT2D eigenvalue weighted by molar-refractivity contribution is 0.266. The second-order valence-electron chi connectivity index (χ2n) is 4.49. The Morgan fingerprint density at radius 2 is 2.38 bits per heavy atom. The van der Waals surface area contributed by atoms with E-state index in [4.69, 9.17) is 5.73 Å². The minimum absolute atomic E-state index is 0.783. The number of benzene rings is 1. The molecule has 1 unspecified atom stereocenters. The van der Waals surface area contributed by atoms with E-state index in [1.165, 1.54) is 23.5 Å². The molecule has 2 rings (SSSR count). The summed E-state index contributed by atoms with van der Waals surface area (Å²) in [6.45, 7) is 1.13. The maximum Gasteiger partial charge on any atom is 0.0316 e. The molecule has 0 aliphatic carbocycles. The van der Waals surface area contributed by atoms with Crippen LogP contribution < -0.4 is 5.73 Å². The van der Waals surface area contributed by atoms with E-state index in [-0.39, 0.29) is 0 Å². The van der Waals surface area contributed by atoms with Crippen molar-refractivity contribution < 1.29 is 0 Å². The molecule has 1 heterocycles. The molecular weight excluding hydrogens is 216 g/mol. The van der Waals surface area contributed by atoms with Gasteiger partial charge in [-0.2, -0.15) is 11.8 Å². The summed E-state index contributed by atoms with van der Waals surface area (Å²) < 4.78 is 0. The number of nitrogen functional groups attached to an aromatic ring is 1. The molecule has 1 aliphatic rings. The number of hydrogen-bond acceptors (Lipinski definition) is 3. The number of thioether (sulfide) groups is 1. The average molecular weight is 236 g/mol. The molecule has 0 radical (unpaired) electrons. The lowest BCUT2D eigenvalue weighted by atomic mass is 10.1. The number of nitrogens with two attached hydrogens (primary N) is 1. The molecule has 0 bridgehead atoms. The molecule has 1 aromatic rings. The van der Waals surface area contributed by atoms with Crippen LogP contribution in [-0.4, -0.2) is 36.0 Å². The molecule has 1 saturated heterocycles. The fourth-order valence-electron chi connectivity index (χ4n) is 2.11. The van der Waals surface area contributed by atoms with Gasteiger partial charge in [0.1, 0.15) is 0 Å². The summed E-state index contributed by atoms with van der Waals surface area (Å²) in [5.41, 5.74) is 7.99.